The molecule has 0 unspecified atom stereocenters. The number of rotatable bonds is 9. The summed E-state index contributed by atoms with van der Waals surface area (Å²) >= 11 is 0. The maximum absolute atomic E-state index is 6.46. The molecule has 0 aromatic carbocycles. The van der Waals surface area contributed by atoms with Crippen molar-refractivity contribution in [2.75, 3.05) is 60.9 Å². The van der Waals surface area contributed by atoms with Crippen LogP contribution in [-0.4, -0.2) is 82.7 Å². The third-order valence-corrected chi connectivity index (χ3v) is 2.13. The van der Waals surface area contributed by atoms with E-state index in [1.54, 1.807) is 0 Å². The van der Waals surface area contributed by atoms with Crippen LogP contribution in [0.5, 0.6) is 0 Å². The van der Waals surface area contributed by atoms with Crippen LogP contribution >= 0.6 is 24.8 Å². The Morgan fingerprint density at radius 2 is 1.27 bits per heavy atom. The van der Waals surface area contributed by atoms with Crippen molar-refractivity contribution >= 4 is 36.8 Å². The summed E-state index contributed by atoms with van der Waals surface area (Å²) in [6.45, 7) is 6.42. The van der Waals surface area contributed by atoms with Gasteiger partial charge in [-0.2, -0.15) is 0 Å². The number of hydrogen-bond acceptors (Lipinski definition) is 6. The van der Waals surface area contributed by atoms with Gasteiger partial charge in [-0.25, -0.2) is 20.4 Å². The van der Waals surface area contributed by atoms with Crippen molar-refractivity contribution in [3.05, 3.63) is 0 Å². The number of nitrogens with zero attached hydrogens (tertiary/aromatic N) is 5. The Kier molecular flexibility index (Phi) is 33.6. The molecule has 132 valence electrons. The highest BCUT2D eigenvalue weighted by molar-refractivity contribution is 5.85. The van der Waals surface area contributed by atoms with E-state index in [4.69, 9.17) is 5.41 Å². The van der Waals surface area contributed by atoms with Crippen molar-refractivity contribution in [3.63, 3.8) is 0 Å². The van der Waals surface area contributed by atoms with E-state index in [9.17, 15) is 0 Å². The molecule has 0 bridgehead atoms. The second kappa shape index (κ2) is 25.2. The van der Waals surface area contributed by atoms with E-state index in [1.165, 1.54) is 0 Å². The minimum absolute atomic E-state index is 0. The van der Waals surface area contributed by atoms with Crippen LogP contribution in [0.2, 0.25) is 0 Å². The van der Waals surface area contributed by atoms with E-state index in [1.807, 2.05) is 27.0 Å². The molecule has 0 atom stereocenters. The van der Waals surface area contributed by atoms with Crippen LogP contribution < -0.4 is 0 Å². The molecule has 0 amide bonds. The largest absolute Gasteiger partial charge is 0.309 e. The van der Waals surface area contributed by atoms with Crippen LogP contribution in [0.15, 0.2) is 15.0 Å². The lowest BCUT2D eigenvalue weighted by Crippen LogP contribution is -2.13. The third kappa shape index (κ3) is 36.5. The molecule has 1 N–H and O–H groups in total. The molecule has 0 radical (unpaired) electrons. The quantitative estimate of drug-likeness (QED) is 0.510. The summed E-state index contributed by atoms with van der Waals surface area (Å²) in [7, 11) is 8.16. The molecule has 0 heterocycles. The predicted molar refractivity (Wildman–Crippen MR) is 101 cm³/mol. The Morgan fingerprint density at radius 3 is 1.64 bits per heavy atom. The Labute approximate surface area is 148 Å². The summed E-state index contributed by atoms with van der Waals surface area (Å²) in [5, 5.41) is 6.46. The molecule has 0 saturated carbocycles. The molecule has 22 heavy (non-hydrogen) atoms. The fraction of sp³-hybridized carbons (Fsp3) is 0.857. The van der Waals surface area contributed by atoms with Crippen molar-refractivity contribution in [1.82, 2.24) is 9.80 Å². The van der Waals surface area contributed by atoms with Crippen LogP contribution in [0.3, 0.4) is 0 Å². The zero-order chi connectivity index (χ0) is 15.6. The molecule has 0 aliphatic heterocycles. The van der Waals surface area contributed by atoms with Gasteiger partial charge >= 0.3 is 0 Å². The first-order chi connectivity index (χ1) is 9.54. The smallest absolute Gasteiger partial charge is 0.0892 e. The van der Waals surface area contributed by atoms with Crippen molar-refractivity contribution in [2.24, 2.45) is 15.0 Å². The highest BCUT2D eigenvalue weighted by atomic mass is 35.5. The molecule has 0 aliphatic rings. The lowest BCUT2D eigenvalue weighted by molar-refractivity contribution is 0.403. The van der Waals surface area contributed by atoms with Crippen molar-refractivity contribution in [1.29, 1.82) is 5.41 Å². The van der Waals surface area contributed by atoms with Crippen molar-refractivity contribution in [2.45, 2.75) is 19.8 Å². The minimum Gasteiger partial charge on any atom is -0.309 e. The van der Waals surface area contributed by atoms with Crippen LogP contribution in [-0.2, 0) is 0 Å². The van der Waals surface area contributed by atoms with Gasteiger partial charge in [0.15, 0.2) is 0 Å². The summed E-state index contributed by atoms with van der Waals surface area (Å²) in [4.78, 5) is 15.7. The van der Waals surface area contributed by atoms with Crippen LogP contribution in [0.1, 0.15) is 19.8 Å². The summed E-state index contributed by atoms with van der Waals surface area (Å²) in [6, 6.07) is 4.64. The van der Waals surface area contributed by atoms with Gasteiger partial charge in [-0.15, -0.1) is 24.8 Å². The maximum atomic E-state index is 6.46. The molecule has 0 saturated heterocycles. The van der Waals surface area contributed by atoms with Crippen molar-refractivity contribution < 1.29 is 0 Å². The normalized spacial score (nSPS) is 8.50. The maximum Gasteiger partial charge on any atom is 0.0892 e. The molecule has 0 aliphatic carbocycles. The fourth-order valence-electron chi connectivity index (χ4n) is 1.16. The van der Waals surface area contributed by atoms with E-state index >= 15 is 0 Å². The van der Waals surface area contributed by atoms with Gasteiger partial charge in [0.05, 0.1) is 25.1 Å². The average molecular weight is 355 g/mol. The minimum atomic E-state index is 0. The Bertz CT molecular complexity index is 308. The van der Waals surface area contributed by atoms with Crippen molar-refractivity contribution in [3.8, 4) is 0 Å². The molecule has 0 rings (SSSR count). The van der Waals surface area contributed by atoms with E-state index < -0.39 is 0 Å². The first-order valence-corrected chi connectivity index (χ1v) is 7.00. The second-order valence-electron chi connectivity index (χ2n) is 4.76. The van der Waals surface area contributed by atoms with E-state index in [0.29, 0.717) is 0 Å². The highest BCUT2D eigenvalue weighted by Gasteiger charge is 1.87. The van der Waals surface area contributed by atoms with Gasteiger partial charge in [0, 0.05) is 6.54 Å². The first kappa shape index (κ1) is 29.3. The lowest BCUT2D eigenvalue weighted by Gasteiger charge is -2.05. The lowest BCUT2D eigenvalue weighted by atomic mass is 10.4. The van der Waals surface area contributed by atoms with E-state index in [-0.39, 0.29) is 24.8 Å². The number of hydrogen-bond donors (Lipinski definition) is 1. The Hall–Kier alpha value is -0.740. The molecular weight excluding hydrogens is 323 g/mol. The Balaban J connectivity index is -0.000000137. The van der Waals surface area contributed by atoms with Gasteiger partial charge in [-0.05, 0) is 61.0 Å². The number of aliphatic imine (C=N–C) groups is 3. The first-order valence-electron chi connectivity index (χ1n) is 7.00. The van der Waals surface area contributed by atoms with Crippen LogP contribution in [0.4, 0.5) is 0 Å². The zero-order valence-electron chi connectivity index (χ0n) is 14.5. The highest BCUT2D eigenvalue weighted by Crippen LogP contribution is 1.83. The van der Waals surface area contributed by atoms with Gasteiger partial charge in [0.25, 0.3) is 0 Å². The molecule has 0 spiro atoms. The SMILES string of the molecule is CCN=C=NCCCN(C)C.CN(C)CCCN=C=N.Cl.Cl. The topological polar surface area (TPSA) is 67.4 Å². The standard InChI is InChI=1S/C8H17N3.C6H13N3.2ClH/c1-4-9-8-10-6-5-7-11(2)3;1-9(2)5-3-4-8-6-7;;/h4-7H2,1-3H3;7H,3-5H2,1-2H3;2*1H. The predicted octanol–water partition coefficient (Wildman–Crippen LogP) is 2.67. The summed E-state index contributed by atoms with van der Waals surface area (Å²) in [6.07, 6.45) is 2.10. The summed E-state index contributed by atoms with van der Waals surface area (Å²) in [5.74, 6) is 0. The molecule has 0 aromatic heterocycles. The molecule has 0 aromatic rings. The molecule has 8 heteroatoms. The molecule has 6 nitrogen and oxygen atoms in total. The van der Waals surface area contributed by atoms with Gasteiger partial charge < -0.3 is 9.80 Å². The van der Waals surface area contributed by atoms with Gasteiger partial charge in [0.2, 0.25) is 0 Å². The fourth-order valence-corrected chi connectivity index (χ4v) is 1.16. The zero-order valence-corrected chi connectivity index (χ0v) is 16.1. The van der Waals surface area contributed by atoms with E-state index in [0.717, 1.165) is 45.6 Å². The summed E-state index contributed by atoms with van der Waals surface area (Å²) in [5.41, 5.74) is 0. The average Bonchev–Trinajstić information content (AvgIpc) is 2.39. The van der Waals surface area contributed by atoms with Gasteiger partial charge in [-0.3, -0.25) is 0 Å². The summed E-state index contributed by atoms with van der Waals surface area (Å²) < 4.78 is 0. The second-order valence-corrected chi connectivity index (χ2v) is 4.76. The monoisotopic (exact) mass is 354 g/mol. The third-order valence-electron chi connectivity index (χ3n) is 2.13. The van der Waals surface area contributed by atoms with Crippen LogP contribution in [0, 0.1) is 5.41 Å². The van der Waals surface area contributed by atoms with Gasteiger partial charge in [-0.1, -0.05) is 0 Å². The molecular formula is C14H32Cl2N6. The van der Waals surface area contributed by atoms with Gasteiger partial charge in [0.1, 0.15) is 0 Å². The Morgan fingerprint density at radius 1 is 0.818 bits per heavy atom. The van der Waals surface area contributed by atoms with E-state index in [2.05, 4.69) is 44.9 Å². The number of halogens is 2. The number of nitrogens with one attached hydrogen (secondary N) is 1. The van der Waals surface area contributed by atoms with Crippen LogP contribution in [0.25, 0.3) is 0 Å². The molecule has 0 fully saturated rings.